The fraction of sp³-hybridized carbons (Fsp3) is 0.571. The number of methoxy groups -OCH3 is 1. The lowest BCUT2D eigenvalue weighted by Crippen LogP contribution is -2.50. The molecular formula is C21H29N3O4. The number of carbonyl (C=O) groups excluding carboxylic acids is 3. The number of ether oxygens (including phenoxy) is 1. The lowest BCUT2D eigenvalue weighted by atomic mass is 9.95. The van der Waals surface area contributed by atoms with Gasteiger partial charge in [-0.05, 0) is 44.0 Å². The number of hydrogen-bond donors (Lipinski definition) is 2. The van der Waals surface area contributed by atoms with Gasteiger partial charge in [0, 0.05) is 24.7 Å². The summed E-state index contributed by atoms with van der Waals surface area (Å²) in [5, 5.41) is 5.80. The van der Waals surface area contributed by atoms with Gasteiger partial charge in [-0.25, -0.2) is 0 Å². The van der Waals surface area contributed by atoms with Gasteiger partial charge in [-0.3, -0.25) is 14.4 Å². The van der Waals surface area contributed by atoms with Gasteiger partial charge in [-0.2, -0.15) is 0 Å². The quantitative estimate of drug-likeness (QED) is 0.782. The molecule has 1 aliphatic heterocycles. The van der Waals surface area contributed by atoms with Crippen LogP contribution in [0.4, 0.5) is 5.69 Å². The molecule has 2 N–H and O–H groups in total. The molecule has 2 atom stereocenters. The van der Waals surface area contributed by atoms with Crippen molar-refractivity contribution in [2.75, 3.05) is 18.6 Å². The number of hydrogen-bond acceptors (Lipinski definition) is 4. The van der Waals surface area contributed by atoms with Gasteiger partial charge in [-0.15, -0.1) is 0 Å². The molecule has 0 spiro atoms. The van der Waals surface area contributed by atoms with Gasteiger partial charge in [0.1, 0.15) is 11.8 Å². The van der Waals surface area contributed by atoms with Crippen LogP contribution in [-0.2, 0) is 14.4 Å². The number of rotatable bonds is 6. The SMILES string of the molecule is COc1ccc(N2C[C@@H](C(=O)N[C@@H](C)C(=O)NC3CCCCC3)CC2=O)cc1. The van der Waals surface area contributed by atoms with Crippen molar-refractivity contribution in [3.05, 3.63) is 24.3 Å². The second kappa shape index (κ2) is 9.08. The van der Waals surface area contributed by atoms with E-state index in [0.717, 1.165) is 31.4 Å². The highest BCUT2D eigenvalue weighted by Gasteiger charge is 2.36. The molecule has 0 radical (unpaired) electrons. The van der Waals surface area contributed by atoms with Crippen molar-refractivity contribution in [2.24, 2.45) is 5.92 Å². The number of nitrogens with one attached hydrogen (secondary N) is 2. The van der Waals surface area contributed by atoms with Crippen LogP contribution < -0.4 is 20.3 Å². The van der Waals surface area contributed by atoms with E-state index in [0.29, 0.717) is 12.3 Å². The Morgan fingerprint density at radius 3 is 2.46 bits per heavy atom. The normalized spacial score (nSPS) is 21.3. The Bertz CT molecular complexity index is 713. The third-order valence-corrected chi connectivity index (χ3v) is 5.58. The van der Waals surface area contributed by atoms with E-state index in [-0.39, 0.29) is 30.2 Å². The Balaban J connectivity index is 1.52. The van der Waals surface area contributed by atoms with Gasteiger partial charge in [0.15, 0.2) is 0 Å². The maximum absolute atomic E-state index is 12.6. The number of anilines is 1. The molecule has 2 aliphatic rings. The van der Waals surface area contributed by atoms with E-state index in [4.69, 9.17) is 4.74 Å². The standard InChI is InChI=1S/C21H29N3O4/c1-14(20(26)23-16-6-4-3-5-7-16)22-21(27)15-12-19(25)24(13-15)17-8-10-18(28-2)11-9-17/h8-11,14-16H,3-7,12-13H2,1-2H3,(H,22,27)(H,23,26)/t14-,15-/m0/s1. The van der Waals surface area contributed by atoms with E-state index in [1.807, 2.05) is 0 Å². The molecule has 1 aliphatic carbocycles. The van der Waals surface area contributed by atoms with Crippen LogP contribution in [0.3, 0.4) is 0 Å². The van der Waals surface area contributed by atoms with E-state index >= 15 is 0 Å². The largest absolute Gasteiger partial charge is 0.497 e. The Morgan fingerprint density at radius 1 is 1.14 bits per heavy atom. The van der Waals surface area contributed by atoms with Crippen LogP contribution in [0.2, 0.25) is 0 Å². The summed E-state index contributed by atoms with van der Waals surface area (Å²) in [5.41, 5.74) is 0.740. The third kappa shape index (κ3) is 4.82. The zero-order valence-electron chi connectivity index (χ0n) is 16.6. The first kappa shape index (κ1) is 20.2. The first-order valence-electron chi connectivity index (χ1n) is 10.0. The number of amides is 3. The Kier molecular flexibility index (Phi) is 6.54. The predicted molar refractivity (Wildman–Crippen MR) is 106 cm³/mol. The van der Waals surface area contributed by atoms with Crippen molar-refractivity contribution < 1.29 is 19.1 Å². The Morgan fingerprint density at radius 2 is 1.82 bits per heavy atom. The summed E-state index contributed by atoms with van der Waals surface area (Å²) in [5.74, 6) is -0.251. The molecule has 1 aromatic rings. The summed E-state index contributed by atoms with van der Waals surface area (Å²) in [6.45, 7) is 2.00. The zero-order valence-corrected chi connectivity index (χ0v) is 16.6. The lowest BCUT2D eigenvalue weighted by molar-refractivity contribution is -0.131. The van der Waals surface area contributed by atoms with Crippen LogP contribution >= 0.6 is 0 Å². The zero-order chi connectivity index (χ0) is 20.1. The number of nitrogens with zero attached hydrogens (tertiary/aromatic N) is 1. The minimum Gasteiger partial charge on any atom is -0.497 e. The van der Waals surface area contributed by atoms with Crippen LogP contribution in [0.1, 0.15) is 45.4 Å². The molecule has 28 heavy (non-hydrogen) atoms. The van der Waals surface area contributed by atoms with Gasteiger partial charge in [0.05, 0.1) is 13.0 Å². The van der Waals surface area contributed by atoms with E-state index in [1.165, 1.54) is 6.42 Å². The van der Waals surface area contributed by atoms with Crippen molar-refractivity contribution >= 4 is 23.4 Å². The summed E-state index contributed by atoms with van der Waals surface area (Å²) >= 11 is 0. The summed E-state index contributed by atoms with van der Waals surface area (Å²) in [6, 6.07) is 6.77. The lowest BCUT2D eigenvalue weighted by Gasteiger charge is -2.25. The molecule has 7 nitrogen and oxygen atoms in total. The first-order valence-corrected chi connectivity index (χ1v) is 10.0. The summed E-state index contributed by atoms with van der Waals surface area (Å²) in [6.07, 6.45) is 5.64. The van der Waals surface area contributed by atoms with Crippen molar-refractivity contribution in [2.45, 2.75) is 57.5 Å². The van der Waals surface area contributed by atoms with Gasteiger partial charge < -0.3 is 20.3 Å². The molecule has 3 amide bonds. The first-order chi connectivity index (χ1) is 13.5. The smallest absolute Gasteiger partial charge is 0.242 e. The van der Waals surface area contributed by atoms with E-state index in [1.54, 1.807) is 43.2 Å². The van der Waals surface area contributed by atoms with E-state index < -0.39 is 12.0 Å². The van der Waals surface area contributed by atoms with Gasteiger partial charge in [0.2, 0.25) is 17.7 Å². The molecule has 2 fully saturated rings. The minimum atomic E-state index is -0.612. The molecule has 1 heterocycles. The Labute approximate surface area is 165 Å². The number of carbonyl (C=O) groups is 3. The highest BCUT2D eigenvalue weighted by atomic mass is 16.5. The topological polar surface area (TPSA) is 87.7 Å². The molecule has 1 aromatic carbocycles. The third-order valence-electron chi connectivity index (χ3n) is 5.58. The molecule has 3 rings (SSSR count). The van der Waals surface area contributed by atoms with Crippen LogP contribution in [0.5, 0.6) is 5.75 Å². The van der Waals surface area contributed by atoms with E-state index in [9.17, 15) is 14.4 Å². The van der Waals surface area contributed by atoms with Crippen molar-refractivity contribution in [1.82, 2.24) is 10.6 Å². The van der Waals surface area contributed by atoms with Crippen LogP contribution in [0, 0.1) is 5.92 Å². The summed E-state index contributed by atoms with van der Waals surface area (Å²) in [4.78, 5) is 38.9. The van der Waals surface area contributed by atoms with Gasteiger partial charge >= 0.3 is 0 Å². The second-order valence-corrected chi connectivity index (χ2v) is 7.68. The maximum Gasteiger partial charge on any atom is 0.242 e. The summed E-state index contributed by atoms with van der Waals surface area (Å²) < 4.78 is 5.13. The highest BCUT2D eigenvalue weighted by Crippen LogP contribution is 2.27. The molecule has 7 heteroatoms. The Hall–Kier alpha value is -2.57. The molecule has 0 bridgehead atoms. The van der Waals surface area contributed by atoms with Gasteiger partial charge in [-0.1, -0.05) is 19.3 Å². The fourth-order valence-corrected chi connectivity index (χ4v) is 3.86. The molecule has 0 aromatic heterocycles. The maximum atomic E-state index is 12.6. The average molecular weight is 387 g/mol. The van der Waals surface area contributed by atoms with Crippen LogP contribution in [0.25, 0.3) is 0 Å². The van der Waals surface area contributed by atoms with Crippen LogP contribution in [-0.4, -0.2) is 43.5 Å². The van der Waals surface area contributed by atoms with Crippen molar-refractivity contribution in [3.8, 4) is 5.75 Å². The van der Waals surface area contributed by atoms with Crippen molar-refractivity contribution in [3.63, 3.8) is 0 Å². The minimum absolute atomic E-state index is 0.0929. The van der Waals surface area contributed by atoms with Crippen molar-refractivity contribution in [1.29, 1.82) is 0 Å². The second-order valence-electron chi connectivity index (χ2n) is 7.68. The predicted octanol–water partition coefficient (Wildman–Crippen LogP) is 2.00. The highest BCUT2D eigenvalue weighted by molar-refractivity contribution is 6.01. The van der Waals surface area contributed by atoms with E-state index in [2.05, 4.69) is 10.6 Å². The molecular weight excluding hydrogens is 358 g/mol. The molecule has 1 saturated carbocycles. The summed E-state index contributed by atoms with van der Waals surface area (Å²) in [7, 11) is 1.59. The molecule has 0 unspecified atom stereocenters. The monoisotopic (exact) mass is 387 g/mol. The molecule has 152 valence electrons. The average Bonchev–Trinajstić information content (AvgIpc) is 3.10. The van der Waals surface area contributed by atoms with Crippen LogP contribution in [0.15, 0.2) is 24.3 Å². The number of benzene rings is 1. The fourth-order valence-electron chi connectivity index (χ4n) is 3.86. The molecule has 1 saturated heterocycles. The van der Waals surface area contributed by atoms with Gasteiger partial charge in [0.25, 0.3) is 0 Å².